The van der Waals surface area contributed by atoms with Crippen molar-refractivity contribution in [3.05, 3.63) is 36.0 Å². The number of nitrogens with one attached hydrogen (secondary N) is 1. The average Bonchev–Trinajstić information content (AvgIpc) is 2.36. The van der Waals surface area contributed by atoms with Gasteiger partial charge in [-0.1, -0.05) is 6.07 Å². The van der Waals surface area contributed by atoms with Gasteiger partial charge in [-0.05, 0) is 18.2 Å². The molecule has 16 heavy (non-hydrogen) atoms. The number of anilines is 1. The molecule has 82 valence electrons. The molecule has 0 saturated carbocycles. The molecule has 0 bridgehead atoms. The van der Waals surface area contributed by atoms with Gasteiger partial charge in [0, 0.05) is 18.6 Å². The van der Waals surface area contributed by atoms with E-state index in [-0.39, 0.29) is 5.97 Å². The van der Waals surface area contributed by atoms with Crippen molar-refractivity contribution in [1.29, 1.82) is 0 Å². The largest absolute Gasteiger partial charge is 0.465 e. The predicted molar refractivity (Wildman–Crippen MR) is 62.6 cm³/mol. The SMILES string of the molecule is CNc1cc(C(=O)OC)cc2cccnc12. The summed E-state index contributed by atoms with van der Waals surface area (Å²) in [5.74, 6) is -0.345. The minimum atomic E-state index is -0.345. The second-order valence-corrected chi connectivity index (χ2v) is 3.34. The van der Waals surface area contributed by atoms with Crippen molar-refractivity contribution in [3.8, 4) is 0 Å². The first-order chi connectivity index (χ1) is 7.76. The fourth-order valence-corrected chi connectivity index (χ4v) is 1.62. The lowest BCUT2D eigenvalue weighted by atomic mass is 10.1. The molecule has 0 atom stereocenters. The lowest BCUT2D eigenvalue weighted by molar-refractivity contribution is 0.0601. The van der Waals surface area contributed by atoms with Crippen molar-refractivity contribution < 1.29 is 9.53 Å². The number of esters is 1. The highest BCUT2D eigenvalue weighted by atomic mass is 16.5. The first kappa shape index (κ1) is 10.4. The highest BCUT2D eigenvalue weighted by Gasteiger charge is 2.09. The molecule has 1 aromatic heterocycles. The summed E-state index contributed by atoms with van der Waals surface area (Å²) in [4.78, 5) is 15.7. The molecule has 2 rings (SSSR count). The van der Waals surface area contributed by atoms with Crippen molar-refractivity contribution in [3.63, 3.8) is 0 Å². The zero-order valence-corrected chi connectivity index (χ0v) is 9.15. The molecule has 1 N–H and O–H groups in total. The Bertz CT molecular complexity index is 538. The number of rotatable bonds is 2. The minimum absolute atomic E-state index is 0.345. The van der Waals surface area contributed by atoms with Crippen LogP contribution in [0.3, 0.4) is 0 Å². The Labute approximate surface area is 93.3 Å². The standard InChI is InChI=1S/C12H12N2O2/c1-13-10-7-9(12(15)16-2)6-8-4-3-5-14-11(8)10/h3-7,13H,1-2H3. The van der Waals surface area contributed by atoms with Crippen LogP contribution in [-0.2, 0) is 4.74 Å². The van der Waals surface area contributed by atoms with Crippen LogP contribution in [0.2, 0.25) is 0 Å². The lowest BCUT2D eigenvalue weighted by Gasteiger charge is -2.07. The van der Waals surface area contributed by atoms with Gasteiger partial charge in [-0.3, -0.25) is 4.98 Å². The van der Waals surface area contributed by atoms with Gasteiger partial charge in [0.2, 0.25) is 0 Å². The van der Waals surface area contributed by atoms with Crippen LogP contribution >= 0.6 is 0 Å². The van der Waals surface area contributed by atoms with Gasteiger partial charge >= 0.3 is 5.97 Å². The summed E-state index contributed by atoms with van der Waals surface area (Å²) in [5.41, 5.74) is 2.18. The van der Waals surface area contributed by atoms with E-state index in [0.717, 1.165) is 16.6 Å². The van der Waals surface area contributed by atoms with Crippen LogP contribution in [0.4, 0.5) is 5.69 Å². The monoisotopic (exact) mass is 216 g/mol. The summed E-state index contributed by atoms with van der Waals surface area (Å²) in [5, 5.41) is 3.93. The zero-order valence-electron chi connectivity index (χ0n) is 9.15. The fourth-order valence-electron chi connectivity index (χ4n) is 1.62. The second kappa shape index (κ2) is 4.18. The van der Waals surface area contributed by atoms with Gasteiger partial charge in [0.05, 0.1) is 23.9 Å². The van der Waals surface area contributed by atoms with E-state index < -0.39 is 0 Å². The number of fused-ring (bicyclic) bond motifs is 1. The predicted octanol–water partition coefficient (Wildman–Crippen LogP) is 2.06. The third kappa shape index (κ3) is 1.69. The first-order valence-corrected chi connectivity index (χ1v) is 4.91. The molecule has 4 heteroatoms. The first-order valence-electron chi connectivity index (χ1n) is 4.91. The number of carbonyl (C=O) groups is 1. The van der Waals surface area contributed by atoms with E-state index in [1.807, 2.05) is 12.1 Å². The molecule has 0 unspecified atom stereocenters. The molecule has 0 aliphatic carbocycles. The van der Waals surface area contributed by atoms with Crippen molar-refractivity contribution in [1.82, 2.24) is 4.98 Å². The van der Waals surface area contributed by atoms with Gasteiger partial charge in [-0.25, -0.2) is 4.79 Å². The number of hydrogen-bond donors (Lipinski definition) is 1. The van der Waals surface area contributed by atoms with E-state index in [1.165, 1.54) is 7.11 Å². The molecule has 0 saturated heterocycles. The van der Waals surface area contributed by atoms with Gasteiger partial charge in [-0.2, -0.15) is 0 Å². The van der Waals surface area contributed by atoms with Crippen LogP contribution in [-0.4, -0.2) is 25.1 Å². The lowest BCUT2D eigenvalue weighted by Crippen LogP contribution is -2.03. The van der Waals surface area contributed by atoms with Crippen LogP contribution in [0, 0.1) is 0 Å². The van der Waals surface area contributed by atoms with Gasteiger partial charge < -0.3 is 10.1 Å². The molecule has 0 spiro atoms. The molecule has 2 aromatic rings. The maximum atomic E-state index is 11.5. The number of hydrogen-bond acceptors (Lipinski definition) is 4. The van der Waals surface area contributed by atoms with E-state index in [9.17, 15) is 4.79 Å². The average molecular weight is 216 g/mol. The molecule has 1 heterocycles. The molecular formula is C12H12N2O2. The van der Waals surface area contributed by atoms with E-state index >= 15 is 0 Å². The van der Waals surface area contributed by atoms with E-state index in [0.29, 0.717) is 5.56 Å². The zero-order chi connectivity index (χ0) is 11.5. The Morgan fingerprint density at radius 3 is 2.94 bits per heavy atom. The molecule has 0 fully saturated rings. The Morgan fingerprint density at radius 1 is 1.44 bits per heavy atom. The van der Waals surface area contributed by atoms with Crippen LogP contribution < -0.4 is 5.32 Å². The molecule has 0 aliphatic rings. The summed E-state index contributed by atoms with van der Waals surface area (Å²) >= 11 is 0. The van der Waals surface area contributed by atoms with E-state index in [2.05, 4.69) is 10.3 Å². The Morgan fingerprint density at radius 2 is 2.25 bits per heavy atom. The van der Waals surface area contributed by atoms with Gasteiger partial charge in [0.1, 0.15) is 0 Å². The maximum Gasteiger partial charge on any atom is 0.337 e. The Hall–Kier alpha value is -2.10. The number of benzene rings is 1. The molecular weight excluding hydrogens is 204 g/mol. The molecule has 0 aliphatic heterocycles. The van der Waals surface area contributed by atoms with Crippen LogP contribution in [0.5, 0.6) is 0 Å². The number of aromatic nitrogens is 1. The maximum absolute atomic E-state index is 11.5. The molecule has 0 amide bonds. The molecule has 4 nitrogen and oxygen atoms in total. The van der Waals surface area contributed by atoms with E-state index in [1.54, 1.807) is 25.4 Å². The van der Waals surface area contributed by atoms with E-state index in [4.69, 9.17) is 4.74 Å². The summed E-state index contributed by atoms with van der Waals surface area (Å²) in [7, 11) is 3.17. The molecule has 0 radical (unpaired) electrons. The number of ether oxygens (including phenoxy) is 1. The Balaban J connectivity index is 2.68. The molecule has 1 aromatic carbocycles. The van der Waals surface area contributed by atoms with Crippen LogP contribution in [0.15, 0.2) is 30.5 Å². The van der Waals surface area contributed by atoms with Gasteiger partial charge in [-0.15, -0.1) is 0 Å². The van der Waals surface area contributed by atoms with Crippen LogP contribution in [0.1, 0.15) is 10.4 Å². The number of methoxy groups -OCH3 is 1. The summed E-state index contributed by atoms with van der Waals surface area (Å²) in [6.07, 6.45) is 1.72. The summed E-state index contributed by atoms with van der Waals surface area (Å²) < 4.78 is 4.70. The summed E-state index contributed by atoms with van der Waals surface area (Å²) in [6, 6.07) is 7.26. The fraction of sp³-hybridized carbons (Fsp3) is 0.167. The van der Waals surface area contributed by atoms with Crippen molar-refractivity contribution >= 4 is 22.6 Å². The number of pyridine rings is 1. The second-order valence-electron chi connectivity index (χ2n) is 3.34. The van der Waals surface area contributed by atoms with Crippen molar-refractivity contribution in [2.24, 2.45) is 0 Å². The third-order valence-electron chi connectivity index (χ3n) is 2.40. The Kier molecular flexibility index (Phi) is 2.72. The minimum Gasteiger partial charge on any atom is -0.465 e. The van der Waals surface area contributed by atoms with Crippen molar-refractivity contribution in [2.75, 3.05) is 19.5 Å². The van der Waals surface area contributed by atoms with Crippen molar-refractivity contribution in [2.45, 2.75) is 0 Å². The summed E-state index contributed by atoms with van der Waals surface area (Å²) in [6.45, 7) is 0. The van der Waals surface area contributed by atoms with Gasteiger partial charge in [0.25, 0.3) is 0 Å². The third-order valence-corrected chi connectivity index (χ3v) is 2.40. The number of carbonyl (C=O) groups excluding carboxylic acids is 1. The normalized spacial score (nSPS) is 10.1. The highest BCUT2D eigenvalue weighted by molar-refractivity contribution is 5.99. The smallest absolute Gasteiger partial charge is 0.337 e. The highest BCUT2D eigenvalue weighted by Crippen LogP contribution is 2.23. The van der Waals surface area contributed by atoms with Gasteiger partial charge in [0.15, 0.2) is 0 Å². The van der Waals surface area contributed by atoms with Crippen LogP contribution in [0.25, 0.3) is 10.9 Å². The quantitative estimate of drug-likeness (QED) is 0.781. The topological polar surface area (TPSA) is 51.2 Å². The number of nitrogens with zero attached hydrogens (tertiary/aromatic N) is 1.